The standard InChI is InChI=1S/C7H8Cl2/c8-6-3-1-2-4(6)5(2)7(3)9/h2-7H,1H2/t2?,3?,4?,5?,6-,7-/m1/s1. The van der Waals surface area contributed by atoms with Gasteiger partial charge in [0, 0.05) is 10.8 Å². The van der Waals surface area contributed by atoms with E-state index in [4.69, 9.17) is 23.2 Å². The molecule has 0 radical (unpaired) electrons. The Bertz CT molecular complexity index is 148. The second-order valence-electron chi connectivity index (χ2n) is 3.61. The molecule has 0 aromatic carbocycles. The lowest BCUT2D eigenvalue weighted by molar-refractivity contribution is 0.616. The molecule has 4 fully saturated rings. The highest BCUT2D eigenvalue weighted by Gasteiger charge is 2.72. The molecule has 4 rings (SSSR count). The van der Waals surface area contributed by atoms with Gasteiger partial charge in [0.25, 0.3) is 0 Å². The fourth-order valence-electron chi connectivity index (χ4n) is 2.96. The van der Waals surface area contributed by atoms with E-state index in [1.165, 1.54) is 6.42 Å². The normalized spacial score (nSPS) is 75.3. The van der Waals surface area contributed by atoms with Crippen molar-refractivity contribution in [1.82, 2.24) is 0 Å². The number of hydrogen-bond acceptors (Lipinski definition) is 0. The van der Waals surface area contributed by atoms with Gasteiger partial charge < -0.3 is 0 Å². The zero-order valence-corrected chi connectivity index (χ0v) is 6.44. The highest BCUT2D eigenvalue weighted by Crippen LogP contribution is 2.73. The summed E-state index contributed by atoms with van der Waals surface area (Å²) in [4.78, 5) is 0. The molecule has 2 heteroatoms. The Morgan fingerprint density at radius 2 is 1.44 bits per heavy atom. The van der Waals surface area contributed by atoms with Gasteiger partial charge in [-0.2, -0.15) is 0 Å². The first kappa shape index (κ1) is 5.26. The monoisotopic (exact) mass is 162 g/mol. The topological polar surface area (TPSA) is 0 Å². The van der Waals surface area contributed by atoms with Crippen LogP contribution in [0.4, 0.5) is 0 Å². The van der Waals surface area contributed by atoms with Crippen molar-refractivity contribution < 1.29 is 0 Å². The molecule has 0 N–H and O–H groups in total. The largest absolute Gasteiger partial charge is 0.122 e. The molecule has 0 aliphatic heterocycles. The predicted molar refractivity (Wildman–Crippen MR) is 37.9 cm³/mol. The maximum absolute atomic E-state index is 6.11. The lowest BCUT2D eigenvalue weighted by atomic mass is 10.1. The molecule has 4 aliphatic rings. The second-order valence-corrected chi connectivity index (χ2v) is 4.61. The number of halogens is 2. The van der Waals surface area contributed by atoms with Gasteiger partial charge in [0.15, 0.2) is 0 Å². The average molecular weight is 163 g/mol. The van der Waals surface area contributed by atoms with E-state index in [1.807, 2.05) is 0 Å². The van der Waals surface area contributed by atoms with Crippen LogP contribution in [-0.2, 0) is 0 Å². The second kappa shape index (κ2) is 1.29. The van der Waals surface area contributed by atoms with E-state index in [0.29, 0.717) is 16.7 Å². The van der Waals surface area contributed by atoms with E-state index in [-0.39, 0.29) is 0 Å². The van der Waals surface area contributed by atoms with Crippen LogP contribution in [0, 0.1) is 23.7 Å². The lowest BCUT2D eigenvalue weighted by Crippen LogP contribution is -2.10. The molecule has 50 valence electrons. The van der Waals surface area contributed by atoms with Gasteiger partial charge >= 0.3 is 0 Å². The van der Waals surface area contributed by atoms with Gasteiger partial charge in [-0.15, -0.1) is 23.2 Å². The molecule has 4 atom stereocenters. The molecule has 2 unspecified atom stereocenters. The molecule has 0 aromatic rings. The van der Waals surface area contributed by atoms with Gasteiger partial charge in [0.1, 0.15) is 0 Å². The Hall–Kier alpha value is 0.580. The van der Waals surface area contributed by atoms with Gasteiger partial charge in [-0.1, -0.05) is 0 Å². The Balaban J connectivity index is 2.07. The van der Waals surface area contributed by atoms with Gasteiger partial charge in [-0.25, -0.2) is 0 Å². The zero-order chi connectivity index (χ0) is 6.17. The Labute approximate surface area is 64.5 Å². The van der Waals surface area contributed by atoms with E-state index in [1.54, 1.807) is 0 Å². The molecule has 4 saturated carbocycles. The lowest BCUT2D eigenvalue weighted by Gasteiger charge is -2.07. The number of rotatable bonds is 0. The molecule has 0 spiro atoms. The first-order valence-electron chi connectivity index (χ1n) is 3.59. The minimum absolute atomic E-state index is 0.447. The third-order valence-corrected chi connectivity index (χ3v) is 4.62. The van der Waals surface area contributed by atoms with Crippen molar-refractivity contribution in [2.45, 2.75) is 17.2 Å². The van der Waals surface area contributed by atoms with Crippen LogP contribution >= 0.6 is 23.2 Å². The maximum Gasteiger partial charge on any atom is 0.0412 e. The van der Waals surface area contributed by atoms with Crippen LogP contribution in [-0.4, -0.2) is 10.8 Å². The van der Waals surface area contributed by atoms with Crippen molar-refractivity contribution in [3.63, 3.8) is 0 Å². The number of alkyl halides is 2. The van der Waals surface area contributed by atoms with Gasteiger partial charge in [0.05, 0.1) is 0 Å². The summed E-state index contributed by atoms with van der Waals surface area (Å²) in [6.45, 7) is 0. The molecular formula is C7H8Cl2. The third-order valence-electron chi connectivity index (χ3n) is 3.39. The average Bonchev–Trinajstić information content (AvgIpc) is 2.18. The van der Waals surface area contributed by atoms with E-state index in [2.05, 4.69) is 0 Å². The van der Waals surface area contributed by atoms with Crippen molar-refractivity contribution in [3.8, 4) is 0 Å². The van der Waals surface area contributed by atoms with Crippen LogP contribution < -0.4 is 0 Å². The Morgan fingerprint density at radius 1 is 0.889 bits per heavy atom. The van der Waals surface area contributed by atoms with Crippen LogP contribution in [0.2, 0.25) is 0 Å². The number of hydrogen-bond donors (Lipinski definition) is 0. The predicted octanol–water partition coefficient (Wildman–Crippen LogP) is 2.10. The maximum atomic E-state index is 6.11. The van der Waals surface area contributed by atoms with Crippen molar-refractivity contribution in [3.05, 3.63) is 0 Å². The van der Waals surface area contributed by atoms with E-state index < -0.39 is 0 Å². The van der Waals surface area contributed by atoms with E-state index >= 15 is 0 Å². The van der Waals surface area contributed by atoms with Crippen molar-refractivity contribution in [2.75, 3.05) is 0 Å². The summed E-state index contributed by atoms with van der Waals surface area (Å²) in [7, 11) is 0. The van der Waals surface area contributed by atoms with E-state index in [0.717, 1.165) is 17.8 Å². The molecule has 0 aromatic heterocycles. The Kier molecular flexibility index (Phi) is 0.751. The molecule has 4 aliphatic carbocycles. The van der Waals surface area contributed by atoms with Gasteiger partial charge in [-0.05, 0) is 30.1 Å². The molecule has 0 saturated heterocycles. The minimum atomic E-state index is 0.447. The van der Waals surface area contributed by atoms with Crippen LogP contribution in [0.3, 0.4) is 0 Å². The van der Waals surface area contributed by atoms with Crippen LogP contribution in [0.25, 0.3) is 0 Å². The van der Waals surface area contributed by atoms with Gasteiger partial charge in [-0.3, -0.25) is 0 Å². The van der Waals surface area contributed by atoms with Crippen LogP contribution in [0.1, 0.15) is 6.42 Å². The molecular weight excluding hydrogens is 155 g/mol. The molecule has 4 bridgehead atoms. The van der Waals surface area contributed by atoms with Crippen LogP contribution in [0.15, 0.2) is 0 Å². The quantitative estimate of drug-likeness (QED) is 0.479. The first-order valence-corrected chi connectivity index (χ1v) is 4.46. The molecule has 9 heavy (non-hydrogen) atoms. The SMILES string of the molecule is Cl[C@H]1C2C3CC1[C@@H](Cl)C32. The molecule has 0 amide bonds. The zero-order valence-electron chi connectivity index (χ0n) is 4.93. The fraction of sp³-hybridized carbons (Fsp3) is 1.00. The summed E-state index contributed by atoms with van der Waals surface area (Å²) in [5, 5.41) is 0.894. The smallest absolute Gasteiger partial charge is 0.0412 e. The summed E-state index contributed by atoms with van der Waals surface area (Å²) in [6.07, 6.45) is 1.33. The van der Waals surface area contributed by atoms with Crippen molar-refractivity contribution >= 4 is 23.2 Å². The van der Waals surface area contributed by atoms with Crippen LogP contribution in [0.5, 0.6) is 0 Å². The Morgan fingerprint density at radius 3 is 1.56 bits per heavy atom. The third kappa shape index (κ3) is 0.397. The highest BCUT2D eigenvalue weighted by atomic mass is 35.5. The summed E-state index contributed by atoms with van der Waals surface area (Å²) in [5.74, 6) is 3.28. The van der Waals surface area contributed by atoms with Gasteiger partial charge in [0.2, 0.25) is 0 Å². The van der Waals surface area contributed by atoms with Crippen molar-refractivity contribution in [2.24, 2.45) is 23.7 Å². The summed E-state index contributed by atoms with van der Waals surface area (Å²) in [5.41, 5.74) is 0. The molecule has 0 nitrogen and oxygen atoms in total. The summed E-state index contributed by atoms with van der Waals surface area (Å²) >= 11 is 12.2. The molecule has 0 heterocycles. The first-order chi connectivity index (χ1) is 4.30. The highest BCUT2D eigenvalue weighted by molar-refractivity contribution is 6.26. The summed E-state index contributed by atoms with van der Waals surface area (Å²) < 4.78 is 0. The van der Waals surface area contributed by atoms with Crippen molar-refractivity contribution in [1.29, 1.82) is 0 Å². The van der Waals surface area contributed by atoms with E-state index in [9.17, 15) is 0 Å². The summed E-state index contributed by atoms with van der Waals surface area (Å²) in [6, 6.07) is 0. The minimum Gasteiger partial charge on any atom is -0.122 e. The fourth-order valence-corrected chi connectivity index (χ4v) is 4.26.